The molecule has 0 aliphatic rings. The standard InChI is InChI=1S/C18H20N2O3/c1-12-8-9-15(10-13(12)2)14(3)19-18(21)11-16-6-4-5-7-17(16)20(22)23/h4-10,14H,11H2,1-3H3,(H,19,21). The van der Waals surface area contributed by atoms with Gasteiger partial charge in [0, 0.05) is 11.6 Å². The predicted molar refractivity (Wildman–Crippen MR) is 89.3 cm³/mol. The van der Waals surface area contributed by atoms with Crippen molar-refractivity contribution < 1.29 is 9.72 Å². The predicted octanol–water partition coefficient (Wildman–Crippen LogP) is 3.63. The topological polar surface area (TPSA) is 72.2 Å². The van der Waals surface area contributed by atoms with E-state index >= 15 is 0 Å². The van der Waals surface area contributed by atoms with Gasteiger partial charge < -0.3 is 5.32 Å². The molecule has 0 saturated carbocycles. The summed E-state index contributed by atoms with van der Waals surface area (Å²) in [5.74, 6) is -0.231. The first-order valence-electron chi connectivity index (χ1n) is 7.47. The number of carbonyl (C=O) groups is 1. The van der Waals surface area contributed by atoms with Crippen molar-refractivity contribution in [3.8, 4) is 0 Å². The van der Waals surface area contributed by atoms with Crippen LogP contribution in [0.3, 0.4) is 0 Å². The van der Waals surface area contributed by atoms with Crippen molar-refractivity contribution in [3.05, 3.63) is 74.8 Å². The molecule has 0 spiro atoms. The molecule has 0 radical (unpaired) electrons. The fourth-order valence-corrected chi connectivity index (χ4v) is 2.42. The van der Waals surface area contributed by atoms with E-state index in [0.717, 1.165) is 5.56 Å². The van der Waals surface area contributed by atoms with E-state index in [1.54, 1.807) is 18.2 Å². The summed E-state index contributed by atoms with van der Waals surface area (Å²) in [5.41, 5.74) is 3.78. The number of hydrogen-bond acceptors (Lipinski definition) is 3. The number of nitrogens with one attached hydrogen (secondary N) is 1. The van der Waals surface area contributed by atoms with Crippen molar-refractivity contribution >= 4 is 11.6 Å². The summed E-state index contributed by atoms with van der Waals surface area (Å²) < 4.78 is 0. The lowest BCUT2D eigenvalue weighted by atomic mass is 10.0. The van der Waals surface area contributed by atoms with E-state index < -0.39 is 4.92 Å². The minimum atomic E-state index is -0.463. The number of nitro groups is 1. The Kier molecular flexibility index (Phi) is 5.11. The van der Waals surface area contributed by atoms with Gasteiger partial charge in [-0.2, -0.15) is 0 Å². The largest absolute Gasteiger partial charge is 0.349 e. The Morgan fingerprint density at radius 2 is 1.87 bits per heavy atom. The van der Waals surface area contributed by atoms with E-state index in [1.165, 1.54) is 17.2 Å². The van der Waals surface area contributed by atoms with Gasteiger partial charge in [-0.05, 0) is 37.5 Å². The number of rotatable bonds is 5. The molecule has 0 saturated heterocycles. The fourth-order valence-electron chi connectivity index (χ4n) is 2.42. The molecule has 2 aromatic carbocycles. The third kappa shape index (κ3) is 4.16. The quantitative estimate of drug-likeness (QED) is 0.677. The number of para-hydroxylation sites is 1. The zero-order valence-corrected chi connectivity index (χ0v) is 13.5. The Morgan fingerprint density at radius 3 is 2.52 bits per heavy atom. The molecule has 0 aromatic heterocycles. The third-order valence-corrected chi connectivity index (χ3v) is 3.95. The SMILES string of the molecule is Cc1ccc(C(C)NC(=O)Cc2ccccc2[N+](=O)[O-])cc1C. The Balaban J connectivity index is 2.07. The minimum absolute atomic E-state index is 0.00760. The van der Waals surface area contributed by atoms with Crippen LogP contribution in [0.1, 0.15) is 35.2 Å². The van der Waals surface area contributed by atoms with Crippen LogP contribution in [0.2, 0.25) is 0 Å². The van der Waals surface area contributed by atoms with Gasteiger partial charge in [-0.1, -0.05) is 36.4 Å². The van der Waals surface area contributed by atoms with Crippen LogP contribution in [0.4, 0.5) is 5.69 Å². The molecule has 120 valence electrons. The van der Waals surface area contributed by atoms with Crippen LogP contribution in [-0.2, 0) is 11.2 Å². The molecule has 0 fully saturated rings. The van der Waals surface area contributed by atoms with Crippen molar-refractivity contribution in [3.63, 3.8) is 0 Å². The second kappa shape index (κ2) is 7.05. The van der Waals surface area contributed by atoms with E-state index in [4.69, 9.17) is 0 Å². The first kappa shape index (κ1) is 16.7. The van der Waals surface area contributed by atoms with Gasteiger partial charge in [0.1, 0.15) is 0 Å². The van der Waals surface area contributed by atoms with Gasteiger partial charge >= 0.3 is 0 Å². The van der Waals surface area contributed by atoms with Crippen LogP contribution in [0.25, 0.3) is 0 Å². The molecule has 1 amide bonds. The van der Waals surface area contributed by atoms with Crippen LogP contribution in [-0.4, -0.2) is 10.8 Å². The van der Waals surface area contributed by atoms with Gasteiger partial charge in [0.15, 0.2) is 0 Å². The number of carbonyl (C=O) groups excluding carboxylic acids is 1. The minimum Gasteiger partial charge on any atom is -0.349 e. The number of nitrogens with zero attached hydrogens (tertiary/aromatic N) is 1. The van der Waals surface area contributed by atoms with E-state index in [0.29, 0.717) is 5.56 Å². The maximum atomic E-state index is 12.2. The van der Waals surface area contributed by atoms with Crippen molar-refractivity contribution in [2.24, 2.45) is 0 Å². The molecule has 2 aromatic rings. The Hall–Kier alpha value is -2.69. The number of hydrogen-bond donors (Lipinski definition) is 1. The highest BCUT2D eigenvalue weighted by Gasteiger charge is 2.17. The normalized spacial score (nSPS) is 11.8. The first-order valence-corrected chi connectivity index (χ1v) is 7.47. The molecule has 23 heavy (non-hydrogen) atoms. The average molecular weight is 312 g/mol. The van der Waals surface area contributed by atoms with Gasteiger partial charge in [0.2, 0.25) is 5.91 Å². The third-order valence-electron chi connectivity index (χ3n) is 3.95. The zero-order valence-electron chi connectivity index (χ0n) is 13.5. The highest BCUT2D eigenvalue weighted by Crippen LogP contribution is 2.20. The molecule has 0 bridgehead atoms. The molecule has 1 N–H and O–H groups in total. The van der Waals surface area contributed by atoms with Gasteiger partial charge in [-0.3, -0.25) is 14.9 Å². The van der Waals surface area contributed by atoms with Crippen LogP contribution >= 0.6 is 0 Å². The highest BCUT2D eigenvalue weighted by atomic mass is 16.6. The Labute approximate surface area is 135 Å². The summed E-state index contributed by atoms with van der Waals surface area (Å²) in [4.78, 5) is 22.7. The molecule has 0 heterocycles. The van der Waals surface area contributed by atoms with Crippen molar-refractivity contribution in [1.29, 1.82) is 0 Å². The lowest BCUT2D eigenvalue weighted by molar-refractivity contribution is -0.385. The monoisotopic (exact) mass is 312 g/mol. The smallest absolute Gasteiger partial charge is 0.273 e. The summed E-state index contributed by atoms with van der Waals surface area (Å²) in [5, 5.41) is 13.9. The Bertz CT molecular complexity index is 741. The fraction of sp³-hybridized carbons (Fsp3) is 0.278. The molecular weight excluding hydrogens is 292 g/mol. The van der Waals surface area contributed by atoms with E-state index in [2.05, 4.69) is 5.32 Å². The first-order chi connectivity index (χ1) is 10.9. The van der Waals surface area contributed by atoms with Gasteiger partial charge in [0.05, 0.1) is 17.4 Å². The zero-order chi connectivity index (χ0) is 17.0. The maximum Gasteiger partial charge on any atom is 0.273 e. The molecule has 2 rings (SSSR count). The van der Waals surface area contributed by atoms with E-state index in [9.17, 15) is 14.9 Å². The van der Waals surface area contributed by atoms with E-state index in [-0.39, 0.29) is 24.1 Å². The summed E-state index contributed by atoms with van der Waals surface area (Å²) >= 11 is 0. The molecule has 5 heteroatoms. The second-order valence-corrected chi connectivity index (χ2v) is 5.70. The molecular formula is C18H20N2O3. The summed E-state index contributed by atoms with van der Waals surface area (Å²) in [6.45, 7) is 5.97. The van der Waals surface area contributed by atoms with Crippen LogP contribution in [0, 0.1) is 24.0 Å². The number of nitro benzene ring substituents is 1. The van der Waals surface area contributed by atoms with Crippen LogP contribution in [0.5, 0.6) is 0 Å². The summed E-state index contributed by atoms with van der Waals surface area (Å²) in [7, 11) is 0. The maximum absolute atomic E-state index is 12.2. The molecule has 5 nitrogen and oxygen atoms in total. The van der Waals surface area contributed by atoms with Crippen molar-refractivity contribution in [2.45, 2.75) is 33.2 Å². The number of benzene rings is 2. The number of aryl methyl sites for hydroxylation is 2. The van der Waals surface area contributed by atoms with Crippen LogP contribution < -0.4 is 5.32 Å². The van der Waals surface area contributed by atoms with Gasteiger partial charge in [0.25, 0.3) is 5.69 Å². The van der Waals surface area contributed by atoms with Crippen molar-refractivity contribution in [1.82, 2.24) is 5.32 Å². The highest BCUT2D eigenvalue weighted by molar-refractivity contribution is 5.80. The lowest BCUT2D eigenvalue weighted by Gasteiger charge is -2.16. The average Bonchev–Trinajstić information content (AvgIpc) is 2.50. The second-order valence-electron chi connectivity index (χ2n) is 5.70. The summed E-state index contributed by atoms with van der Waals surface area (Å²) in [6.07, 6.45) is -0.00760. The van der Waals surface area contributed by atoms with Crippen molar-refractivity contribution in [2.75, 3.05) is 0 Å². The lowest BCUT2D eigenvalue weighted by Crippen LogP contribution is -2.28. The van der Waals surface area contributed by atoms with Crippen LogP contribution in [0.15, 0.2) is 42.5 Å². The molecule has 1 atom stereocenters. The molecule has 0 aliphatic carbocycles. The molecule has 0 aliphatic heterocycles. The Morgan fingerprint density at radius 1 is 1.17 bits per heavy atom. The van der Waals surface area contributed by atoms with Gasteiger partial charge in [-0.25, -0.2) is 0 Å². The molecule has 1 unspecified atom stereocenters. The van der Waals surface area contributed by atoms with E-state index in [1.807, 2.05) is 39.0 Å². The van der Waals surface area contributed by atoms with Gasteiger partial charge in [-0.15, -0.1) is 0 Å². The summed E-state index contributed by atoms with van der Waals surface area (Å²) in [6, 6.07) is 12.2. The number of amides is 1.